The van der Waals surface area contributed by atoms with Crippen LogP contribution >= 0.6 is 0 Å². The number of hydrogen-bond donors (Lipinski definition) is 0. The van der Waals surface area contributed by atoms with Crippen molar-refractivity contribution in [3.05, 3.63) is 0 Å². The van der Waals surface area contributed by atoms with Gasteiger partial charge in [-0.05, 0) is 9.39 Å². The van der Waals surface area contributed by atoms with Gasteiger partial charge in [-0.2, -0.15) is 0 Å². The fourth-order valence-electron chi connectivity index (χ4n) is 0. The second-order valence-corrected chi connectivity index (χ2v) is 2.12. The molecule has 0 spiro atoms. The molecule has 0 aliphatic rings. The first-order valence-corrected chi connectivity index (χ1v) is 4.24. The Morgan fingerprint density at radius 1 is 1.80 bits per heavy atom. The van der Waals surface area contributed by atoms with Gasteiger partial charge >= 0.3 is 1.43 Å². The third-order valence-corrected chi connectivity index (χ3v) is 0. The Kier molecular flexibility index (Phi) is 55.0. The molecule has 0 heterocycles. The summed E-state index contributed by atoms with van der Waals surface area (Å²) in [5.41, 5.74) is 0. The number of rotatable bonds is 0. The molecular weight excluding hydrogens is 169 g/mol. The van der Waals surface area contributed by atoms with Gasteiger partial charge in [0.2, 0.25) is 0 Å². The molecule has 4 heteroatoms. The molecular formula is CH11AlBSiZr+. The second kappa shape index (κ2) is 17.3. The van der Waals surface area contributed by atoms with Crippen molar-refractivity contribution in [3.63, 3.8) is 0 Å². The Bertz CT molecular complexity index is 15.5. The van der Waals surface area contributed by atoms with Crippen LogP contribution < -0.4 is 0 Å². The molecule has 0 aromatic carbocycles. The largest absolute Gasteiger partial charge is 1.00 e. The molecule has 0 rings (SSSR count). The molecule has 0 saturated heterocycles. The molecule has 0 unspecified atom stereocenters. The second-order valence-electron chi connectivity index (χ2n) is 0.707. The van der Waals surface area contributed by atoms with Crippen LogP contribution in [0.5, 0.6) is 0 Å². The Labute approximate surface area is 68.0 Å². The van der Waals surface area contributed by atoms with Crippen molar-refractivity contribution >= 4 is 34.2 Å². The summed E-state index contributed by atoms with van der Waals surface area (Å²) >= 11 is 0. The van der Waals surface area contributed by atoms with E-state index in [0.717, 1.165) is 0 Å². The average molecular weight is 180 g/mol. The summed E-state index contributed by atoms with van der Waals surface area (Å²) in [6.07, 6.45) is 0. The van der Waals surface area contributed by atoms with E-state index < -0.39 is 0 Å². The van der Waals surface area contributed by atoms with E-state index in [1.807, 2.05) is 0 Å². The van der Waals surface area contributed by atoms with Gasteiger partial charge in [0.1, 0.15) is 0 Å². The van der Waals surface area contributed by atoms with Crippen LogP contribution in [0.15, 0.2) is 0 Å². The van der Waals surface area contributed by atoms with Crippen LogP contribution in [-0.4, -0.2) is 34.2 Å². The zero-order chi connectivity index (χ0) is 2.71. The maximum atomic E-state index is 2.26. The van der Waals surface area contributed by atoms with Crippen LogP contribution in [0, 0.1) is 0 Å². The first-order chi connectivity index (χ1) is 1.41. The minimum atomic E-state index is 0. The molecule has 0 aromatic rings. The molecule has 0 bridgehead atoms. The SMILES string of the molecule is B[SiH2]C.[AlH3].[H+].[Zr]. The van der Waals surface area contributed by atoms with E-state index in [0.29, 0.717) is 9.39 Å². The van der Waals surface area contributed by atoms with Gasteiger partial charge in [0, 0.05) is 26.2 Å². The van der Waals surface area contributed by atoms with Crippen molar-refractivity contribution in [1.82, 2.24) is 0 Å². The molecule has 0 aliphatic heterocycles. The molecule has 0 N–H and O–H groups in total. The van der Waals surface area contributed by atoms with Crippen LogP contribution in [-0.2, 0) is 26.2 Å². The van der Waals surface area contributed by atoms with E-state index in [1.54, 1.807) is 0 Å². The topological polar surface area (TPSA) is 0 Å². The van der Waals surface area contributed by atoms with Gasteiger partial charge in [-0.25, -0.2) is 0 Å². The van der Waals surface area contributed by atoms with Crippen molar-refractivity contribution < 1.29 is 27.6 Å². The zero-order valence-electron chi connectivity index (χ0n) is 4.21. The molecule has 0 nitrogen and oxygen atoms in total. The Hall–Kier alpha value is 1.70. The monoisotopic (exact) mass is 179 g/mol. The van der Waals surface area contributed by atoms with Gasteiger partial charge in [-0.15, -0.1) is 0 Å². The van der Waals surface area contributed by atoms with E-state index in [9.17, 15) is 0 Å². The van der Waals surface area contributed by atoms with E-state index in [-0.39, 0.29) is 45.0 Å². The van der Waals surface area contributed by atoms with Crippen LogP contribution in [0.25, 0.3) is 0 Å². The molecule has 0 amide bonds. The third kappa shape index (κ3) is 27.0. The molecule has 0 radical (unpaired) electrons. The predicted octanol–water partition coefficient (Wildman–Crippen LogP) is -2.32. The fraction of sp³-hybridized carbons (Fsp3) is 1.00. The molecule has 0 aromatic heterocycles. The van der Waals surface area contributed by atoms with Crippen LogP contribution in [0.4, 0.5) is 0 Å². The molecule has 28 valence electrons. The van der Waals surface area contributed by atoms with Crippen LogP contribution in [0.1, 0.15) is 1.43 Å². The molecule has 5 heavy (non-hydrogen) atoms. The summed E-state index contributed by atoms with van der Waals surface area (Å²) in [7, 11) is 2.68. The number of hydrogen-bond acceptors (Lipinski definition) is 0. The molecule has 0 fully saturated rings. The minimum Gasteiger partial charge on any atom is -0.0808 e. The van der Waals surface area contributed by atoms with Gasteiger partial charge in [0.25, 0.3) is 0 Å². The summed E-state index contributed by atoms with van der Waals surface area (Å²) in [6, 6.07) is 0. The van der Waals surface area contributed by atoms with Gasteiger partial charge in [0.15, 0.2) is 17.4 Å². The van der Waals surface area contributed by atoms with Gasteiger partial charge in [-0.1, -0.05) is 6.55 Å². The molecule has 0 atom stereocenters. The van der Waals surface area contributed by atoms with E-state index in [4.69, 9.17) is 0 Å². The average Bonchev–Trinajstić information content (AvgIpc) is 0.918. The smallest absolute Gasteiger partial charge is 0.0808 e. The van der Waals surface area contributed by atoms with Crippen LogP contribution in [0.2, 0.25) is 6.55 Å². The maximum absolute atomic E-state index is 2.26. The van der Waals surface area contributed by atoms with E-state index in [2.05, 4.69) is 14.0 Å². The fourth-order valence-corrected chi connectivity index (χ4v) is 0. The molecule has 0 saturated carbocycles. The standard InChI is InChI=1S/CH7BSi.Al.Zr.3H/c1-3-2;;;;;/h2-3H2,1H3;;;;;/p+1. The van der Waals surface area contributed by atoms with E-state index >= 15 is 0 Å². The first-order valence-electron chi connectivity index (χ1n) is 1.41. The Balaban J connectivity index is -0.00000000667. The summed E-state index contributed by atoms with van der Waals surface area (Å²) < 4.78 is 0. The van der Waals surface area contributed by atoms with Crippen molar-refractivity contribution in [2.45, 2.75) is 6.55 Å². The summed E-state index contributed by atoms with van der Waals surface area (Å²) in [5, 5.41) is 0. The summed E-state index contributed by atoms with van der Waals surface area (Å²) in [5.74, 6) is 0. The van der Waals surface area contributed by atoms with Gasteiger partial charge < -0.3 is 0 Å². The van der Waals surface area contributed by atoms with Crippen molar-refractivity contribution in [3.8, 4) is 0 Å². The Morgan fingerprint density at radius 3 is 1.80 bits per heavy atom. The van der Waals surface area contributed by atoms with Crippen molar-refractivity contribution in [2.75, 3.05) is 0 Å². The maximum Gasteiger partial charge on any atom is 1.00 e. The van der Waals surface area contributed by atoms with Crippen molar-refractivity contribution in [1.29, 1.82) is 0 Å². The van der Waals surface area contributed by atoms with Gasteiger partial charge in [0.05, 0.1) is 7.44 Å². The summed E-state index contributed by atoms with van der Waals surface area (Å²) in [6.45, 7) is 2.26. The van der Waals surface area contributed by atoms with E-state index in [1.165, 1.54) is 0 Å². The Morgan fingerprint density at radius 2 is 1.80 bits per heavy atom. The predicted molar refractivity (Wildman–Crippen MR) is 34.0 cm³/mol. The quantitative estimate of drug-likeness (QED) is 0.367. The first kappa shape index (κ1) is 15.9. The minimum absolute atomic E-state index is 0. The summed E-state index contributed by atoms with van der Waals surface area (Å²) in [4.78, 5) is 0. The third-order valence-electron chi connectivity index (χ3n) is 0. The zero-order valence-corrected chi connectivity index (χ0v) is 7.08. The normalized spacial score (nSPS) is 5.80. The van der Waals surface area contributed by atoms with Gasteiger partial charge in [-0.3, -0.25) is 0 Å². The molecule has 0 aliphatic carbocycles. The van der Waals surface area contributed by atoms with Crippen LogP contribution in [0.3, 0.4) is 0 Å². The van der Waals surface area contributed by atoms with Crippen molar-refractivity contribution in [2.24, 2.45) is 0 Å².